The number of carbonyl (C=O) groups is 1. The van der Waals surface area contributed by atoms with E-state index in [0.717, 1.165) is 23.4 Å². The number of thioether (sulfide) groups is 1. The highest BCUT2D eigenvalue weighted by molar-refractivity contribution is 7.98. The lowest BCUT2D eigenvalue weighted by molar-refractivity contribution is 0.0779. The van der Waals surface area contributed by atoms with Gasteiger partial charge in [0, 0.05) is 22.7 Å². The van der Waals surface area contributed by atoms with E-state index < -0.39 is 0 Å². The molecule has 1 aromatic carbocycles. The third-order valence-corrected chi connectivity index (χ3v) is 5.65. The van der Waals surface area contributed by atoms with Crippen LogP contribution in [-0.4, -0.2) is 43.4 Å². The molecule has 0 radical (unpaired) electrons. The summed E-state index contributed by atoms with van der Waals surface area (Å²) in [5.74, 6) is 0.717. The van der Waals surface area contributed by atoms with Gasteiger partial charge in [-0.05, 0) is 57.3 Å². The van der Waals surface area contributed by atoms with Crippen LogP contribution in [0.3, 0.4) is 0 Å². The summed E-state index contributed by atoms with van der Waals surface area (Å²) in [5, 5.41) is 6.02. The van der Waals surface area contributed by atoms with Crippen molar-refractivity contribution in [1.82, 2.24) is 10.2 Å². The van der Waals surface area contributed by atoms with Crippen molar-refractivity contribution in [3.05, 3.63) is 24.3 Å². The van der Waals surface area contributed by atoms with Crippen LogP contribution in [0.5, 0.6) is 0 Å². The monoisotopic (exact) mass is 335 g/mol. The molecule has 2 amide bonds. The van der Waals surface area contributed by atoms with Crippen LogP contribution < -0.4 is 10.6 Å². The van der Waals surface area contributed by atoms with Crippen molar-refractivity contribution in [2.24, 2.45) is 5.92 Å². The third-order valence-electron chi connectivity index (χ3n) is 4.92. The van der Waals surface area contributed by atoms with Crippen LogP contribution in [-0.2, 0) is 0 Å². The number of rotatable bonds is 5. The third kappa shape index (κ3) is 4.88. The SMILES string of the molecule is CSc1cccc(NC(=O)NC[C@]2(N(C)C)CCC[C@H](C)C2)c1. The molecule has 4 nitrogen and oxygen atoms in total. The minimum atomic E-state index is -0.122. The maximum atomic E-state index is 12.3. The number of amides is 2. The minimum Gasteiger partial charge on any atom is -0.336 e. The lowest BCUT2D eigenvalue weighted by Gasteiger charge is -2.45. The number of anilines is 1. The van der Waals surface area contributed by atoms with Crippen molar-refractivity contribution in [3.63, 3.8) is 0 Å². The number of nitrogens with one attached hydrogen (secondary N) is 2. The molecule has 0 saturated heterocycles. The largest absolute Gasteiger partial charge is 0.336 e. The van der Waals surface area contributed by atoms with E-state index in [2.05, 4.69) is 36.6 Å². The van der Waals surface area contributed by atoms with Crippen LogP contribution in [0.15, 0.2) is 29.2 Å². The molecule has 1 aliphatic carbocycles. The van der Waals surface area contributed by atoms with Crippen LogP contribution in [0, 0.1) is 5.92 Å². The van der Waals surface area contributed by atoms with Crippen LogP contribution in [0.25, 0.3) is 0 Å². The Kier molecular flexibility index (Phi) is 6.36. The Morgan fingerprint density at radius 3 is 2.87 bits per heavy atom. The molecule has 2 atom stereocenters. The second kappa shape index (κ2) is 8.06. The average molecular weight is 336 g/mol. The molecule has 0 unspecified atom stereocenters. The van der Waals surface area contributed by atoms with Crippen molar-refractivity contribution in [3.8, 4) is 0 Å². The Morgan fingerprint density at radius 1 is 1.43 bits per heavy atom. The number of benzene rings is 1. The first-order valence-electron chi connectivity index (χ1n) is 8.31. The lowest BCUT2D eigenvalue weighted by Crippen LogP contribution is -2.55. The Bertz CT molecular complexity index is 535. The Balaban J connectivity index is 1.93. The van der Waals surface area contributed by atoms with Crippen molar-refractivity contribution in [1.29, 1.82) is 0 Å². The number of hydrogen-bond acceptors (Lipinski definition) is 3. The van der Waals surface area contributed by atoms with E-state index in [4.69, 9.17) is 0 Å². The molecule has 1 saturated carbocycles. The van der Waals surface area contributed by atoms with Crippen LogP contribution in [0.1, 0.15) is 32.6 Å². The fourth-order valence-corrected chi connectivity index (χ4v) is 3.94. The number of hydrogen-bond donors (Lipinski definition) is 2. The zero-order chi connectivity index (χ0) is 16.9. The van der Waals surface area contributed by atoms with Gasteiger partial charge in [-0.1, -0.05) is 25.8 Å². The van der Waals surface area contributed by atoms with E-state index in [1.807, 2.05) is 30.5 Å². The van der Waals surface area contributed by atoms with E-state index in [0.29, 0.717) is 12.5 Å². The van der Waals surface area contributed by atoms with Gasteiger partial charge in [0.1, 0.15) is 0 Å². The zero-order valence-electron chi connectivity index (χ0n) is 14.7. The molecule has 0 aromatic heterocycles. The summed E-state index contributed by atoms with van der Waals surface area (Å²) in [6.07, 6.45) is 6.85. The van der Waals surface area contributed by atoms with Crippen molar-refractivity contribution >= 4 is 23.5 Å². The van der Waals surface area contributed by atoms with E-state index >= 15 is 0 Å². The summed E-state index contributed by atoms with van der Waals surface area (Å²) >= 11 is 1.67. The smallest absolute Gasteiger partial charge is 0.319 e. The molecular formula is C18H29N3OS. The summed E-state index contributed by atoms with van der Waals surface area (Å²) in [5.41, 5.74) is 0.918. The normalized spacial score (nSPS) is 24.5. The molecule has 23 heavy (non-hydrogen) atoms. The van der Waals surface area contributed by atoms with Gasteiger partial charge in [0.2, 0.25) is 0 Å². The fraction of sp³-hybridized carbons (Fsp3) is 0.611. The molecule has 0 bridgehead atoms. The minimum absolute atomic E-state index is 0.0795. The first kappa shape index (κ1) is 18.1. The molecule has 2 N–H and O–H groups in total. The first-order chi connectivity index (χ1) is 10.9. The van der Waals surface area contributed by atoms with Crippen molar-refractivity contribution in [2.45, 2.75) is 43.0 Å². The summed E-state index contributed by atoms with van der Waals surface area (Å²) < 4.78 is 0. The van der Waals surface area contributed by atoms with E-state index in [1.165, 1.54) is 12.8 Å². The standard InChI is InChI=1S/C18H29N3OS/c1-14-7-6-10-18(12-14,21(2)3)13-19-17(22)20-15-8-5-9-16(11-15)23-4/h5,8-9,11,14H,6-7,10,12-13H2,1-4H3,(H2,19,20,22)/t14-,18-/m0/s1. The second-order valence-corrected chi connectivity index (χ2v) is 7.74. The summed E-state index contributed by atoms with van der Waals surface area (Å²) in [6, 6.07) is 7.80. The second-order valence-electron chi connectivity index (χ2n) is 6.86. The van der Waals surface area contributed by atoms with Crippen molar-refractivity contribution in [2.75, 3.05) is 32.2 Å². The molecule has 1 fully saturated rings. The molecule has 0 spiro atoms. The molecular weight excluding hydrogens is 306 g/mol. The maximum Gasteiger partial charge on any atom is 0.319 e. The summed E-state index contributed by atoms with van der Waals surface area (Å²) in [6.45, 7) is 3.00. The highest BCUT2D eigenvalue weighted by atomic mass is 32.2. The highest BCUT2D eigenvalue weighted by Gasteiger charge is 2.37. The molecule has 0 heterocycles. The van der Waals surface area contributed by atoms with E-state index in [-0.39, 0.29) is 11.6 Å². The Hall–Kier alpha value is -1.20. The lowest BCUT2D eigenvalue weighted by atomic mass is 9.75. The summed E-state index contributed by atoms with van der Waals surface area (Å²) in [7, 11) is 4.25. The van der Waals surface area contributed by atoms with E-state index in [9.17, 15) is 4.79 Å². The van der Waals surface area contributed by atoms with Crippen LogP contribution in [0.4, 0.5) is 10.5 Å². The van der Waals surface area contributed by atoms with Crippen LogP contribution in [0.2, 0.25) is 0 Å². The Morgan fingerprint density at radius 2 is 2.22 bits per heavy atom. The van der Waals surface area contributed by atoms with Crippen LogP contribution >= 0.6 is 11.8 Å². The van der Waals surface area contributed by atoms with Gasteiger partial charge in [-0.25, -0.2) is 4.79 Å². The zero-order valence-corrected chi connectivity index (χ0v) is 15.5. The molecule has 1 aliphatic rings. The van der Waals surface area contributed by atoms with Gasteiger partial charge < -0.3 is 15.5 Å². The predicted molar refractivity (Wildman–Crippen MR) is 99.3 cm³/mol. The molecule has 1 aromatic rings. The summed E-state index contributed by atoms with van der Waals surface area (Å²) in [4.78, 5) is 15.7. The molecule has 0 aliphatic heterocycles. The van der Waals surface area contributed by atoms with Crippen molar-refractivity contribution < 1.29 is 4.79 Å². The number of likely N-dealkylation sites (N-methyl/N-ethyl adjacent to an activating group) is 1. The number of urea groups is 1. The van der Waals surface area contributed by atoms with Gasteiger partial charge in [0.05, 0.1) is 0 Å². The van der Waals surface area contributed by atoms with Gasteiger partial charge in [-0.3, -0.25) is 0 Å². The molecule has 128 valence electrons. The van der Waals surface area contributed by atoms with Gasteiger partial charge in [0.15, 0.2) is 0 Å². The van der Waals surface area contributed by atoms with Gasteiger partial charge >= 0.3 is 6.03 Å². The maximum absolute atomic E-state index is 12.3. The highest BCUT2D eigenvalue weighted by Crippen LogP contribution is 2.35. The van der Waals surface area contributed by atoms with Gasteiger partial charge in [0.25, 0.3) is 0 Å². The Labute approximate surface area is 144 Å². The quantitative estimate of drug-likeness (QED) is 0.798. The number of nitrogens with zero attached hydrogens (tertiary/aromatic N) is 1. The fourth-order valence-electron chi connectivity index (χ4n) is 3.48. The predicted octanol–water partition coefficient (Wildman–Crippen LogP) is 4.04. The first-order valence-corrected chi connectivity index (χ1v) is 9.54. The number of carbonyl (C=O) groups excluding carboxylic acids is 1. The average Bonchev–Trinajstić information content (AvgIpc) is 2.53. The van der Waals surface area contributed by atoms with Gasteiger partial charge in [-0.15, -0.1) is 11.8 Å². The topological polar surface area (TPSA) is 44.4 Å². The van der Waals surface area contributed by atoms with Gasteiger partial charge in [-0.2, -0.15) is 0 Å². The molecule has 5 heteroatoms. The van der Waals surface area contributed by atoms with E-state index in [1.54, 1.807) is 11.8 Å². The molecule has 2 rings (SSSR count).